The van der Waals surface area contributed by atoms with Crippen LogP contribution in [0.25, 0.3) is 0 Å². The molecule has 1 amide bonds. The molecule has 8 heteroatoms. The Balaban J connectivity index is 0.00000338. The van der Waals surface area contributed by atoms with E-state index in [4.69, 9.17) is 0 Å². The molecule has 1 heterocycles. The Morgan fingerprint density at radius 1 is 1.23 bits per heavy atom. The van der Waals surface area contributed by atoms with E-state index in [-0.39, 0.29) is 30.1 Å². The third kappa shape index (κ3) is 8.49. The monoisotopic (exact) mass is 403 g/mol. The Bertz CT molecular complexity index is 657. The summed E-state index contributed by atoms with van der Waals surface area (Å²) in [6, 6.07) is 7.21. The summed E-state index contributed by atoms with van der Waals surface area (Å²) < 4.78 is 26.4. The lowest BCUT2D eigenvalue weighted by molar-refractivity contribution is -0.121. The summed E-state index contributed by atoms with van der Waals surface area (Å²) in [5.74, 6) is 0.652. The molecular formula is C18H30ClN3O3S. The molecule has 1 saturated heterocycles. The van der Waals surface area contributed by atoms with Gasteiger partial charge in [-0.2, -0.15) is 0 Å². The number of hydrogen-bond donors (Lipinski definition) is 3. The summed E-state index contributed by atoms with van der Waals surface area (Å²) in [4.78, 5) is 11.9. The molecule has 0 bridgehead atoms. The molecule has 1 aromatic carbocycles. The fourth-order valence-electron chi connectivity index (χ4n) is 2.96. The predicted molar refractivity (Wildman–Crippen MR) is 107 cm³/mol. The predicted octanol–water partition coefficient (Wildman–Crippen LogP) is 1.94. The van der Waals surface area contributed by atoms with Crippen LogP contribution in [0.2, 0.25) is 0 Å². The molecule has 1 aliphatic rings. The van der Waals surface area contributed by atoms with Gasteiger partial charge in [0.1, 0.15) is 0 Å². The molecule has 0 aliphatic carbocycles. The molecule has 2 rings (SSSR count). The molecule has 148 valence electrons. The molecular weight excluding hydrogens is 374 g/mol. The van der Waals surface area contributed by atoms with E-state index in [0.29, 0.717) is 18.9 Å². The highest BCUT2D eigenvalue weighted by Gasteiger charge is 2.15. The van der Waals surface area contributed by atoms with Gasteiger partial charge >= 0.3 is 0 Å². The van der Waals surface area contributed by atoms with Gasteiger partial charge in [-0.05, 0) is 56.8 Å². The van der Waals surface area contributed by atoms with Crippen molar-refractivity contribution in [3.8, 4) is 0 Å². The minimum Gasteiger partial charge on any atom is -0.352 e. The molecule has 1 aliphatic heterocycles. The first-order chi connectivity index (χ1) is 11.8. The number of halogens is 1. The standard InChI is InChI=1S/C18H29N3O3S.ClH/c1-14(2)21-25(23,24)13-17-5-3-15(4-6-17)12-20-18(22)8-7-16-9-10-19-11-16;/h3-6,14,16,19,21H,7-13H2,1-2H3,(H,20,22);1H. The van der Waals surface area contributed by atoms with E-state index in [9.17, 15) is 13.2 Å². The normalized spacial score (nSPS) is 17.1. The summed E-state index contributed by atoms with van der Waals surface area (Å²) in [6.45, 7) is 6.14. The van der Waals surface area contributed by atoms with Crippen molar-refractivity contribution >= 4 is 28.3 Å². The summed E-state index contributed by atoms with van der Waals surface area (Å²) in [5.41, 5.74) is 1.70. The van der Waals surface area contributed by atoms with Crippen molar-refractivity contribution in [2.75, 3.05) is 13.1 Å². The van der Waals surface area contributed by atoms with Crippen LogP contribution >= 0.6 is 12.4 Å². The second kappa shape index (κ2) is 10.9. The van der Waals surface area contributed by atoms with Gasteiger partial charge in [0.2, 0.25) is 15.9 Å². The van der Waals surface area contributed by atoms with E-state index < -0.39 is 10.0 Å². The first-order valence-corrected chi connectivity index (χ1v) is 10.5. The number of nitrogens with one attached hydrogen (secondary N) is 3. The van der Waals surface area contributed by atoms with Crippen LogP contribution in [0.1, 0.15) is 44.2 Å². The van der Waals surface area contributed by atoms with Crippen LogP contribution in [-0.4, -0.2) is 33.5 Å². The van der Waals surface area contributed by atoms with Crippen molar-refractivity contribution in [2.45, 2.75) is 51.4 Å². The van der Waals surface area contributed by atoms with Crippen LogP contribution in [0.15, 0.2) is 24.3 Å². The van der Waals surface area contributed by atoms with Crippen LogP contribution in [0, 0.1) is 5.92 Å². The second-order valence-electron chi connectivity index (χ2n) is 7.02. The molecule has 26 heavy (non-hydrogen) atoms. The van der Waals surface area contributed by atoms with Gasteiger partial charge in [0.05, 0.1) is 5.75 Å². The quantitative estimate of drug-likeness (QED) is 0.588. The Hall–Kier alpha value is -1.15. The van der Waals surface area contributed by atoms with E-state index in [1.54, 1.807) is 26.0 Å². The maximum atomic E-state index is 11.9. The minimum atomic E-state index is -3.31. The summed E-state index contributed by atoms with van der Waals surface area (Å²) in [6.07, 6.45) is 2.64. The number of rotatable bonds is 9. The second-order valence-corrected chi connectivity index (χ2v) is 8.78. The van der Waals surface area contributed by atoms with Gasteiger partial charge < -0.3 is 10.6 Å². The zero-order chi connectivity index (χ0) is 18.3. The van der Waals surface area contributed by atoms with Crippen LogP contribution in [0.4, 0.5) is 0 Å². The summed E-state index contributed by atoms with van der Waals surface area (Å²) in [5, 5.41) is 6.23. The molecule has 0 saturated carbocycles. The van der Waals surface area contributed by atoms with Gasteiger partial charge in [0.15, 0.2) is 0 Å². The van der Waals surface area contributed by atoms with Gasteiger partial charge in [-0.3, -0.25) is 4.79 Å². The molecule has 0 radical (unpaired) electrons. The maximum absolute atomic E-state index is 11.9. The van der Waals surface area contributed by atoms with E-state index in [1.165, 1.54) is 0 Å². The molecule has 0 aromatic heterocycles. The maximum Gasteiger partial charge on any atom is 0.220 e. The first kappa shape index (κ1) is 22.9. The van der Waals surface area contributed by atoms with Gasteiger partial charge in [-0.1, -0.05) is 24.3 Å². The van der Waals surface area contributed by atoms with E-state index in [2.05, 4.69) is 15.4 Å². The van der Waals surface area contributed by atoms with Crippen molar-refractivity contribution in [3.63, 3.8) is 0 Å². The number of sulfonamides is 1. The van der Waals surface area contributed by atoms with Crippen molar-refractivity contribution < 1.29 is 13.2 Å². The fourth-order valence-corrected chi connectivity index (χ4v) is 4.39. The highest BCUT2D eigenvalue weighted by atomic mass is 35.5. The van der Waals surface area contributed by atoms with Crippen LogP contribution in [0.3, 0.4) is 0 Å². The zero-order valence-electron chi connectivity index (χ0n) is 15.5. The molecule has 3 N–H and O–H groups in total. The van der Waals surface area contributed by atoms with Gasteiger partial charge in [0, 0.05) is 19.0 Å². The highest BCUT2D eigenvalue weighted by molar-refractivity contribution is 7.88. The first-order valence-electron chi connectivity index (χ1n) is 8.89. The van der Waals surface area contributed by atoms with Crippen LogP contribution < -0.4 is 15.4 Å². The van der Waals surface area contributed by atoms with Gasteiger partial charge in [0.25, 0.3) is 0 Å². The third-order valence-corrected chi connectivity index (χ3v) is 5.77. The van der Waals surface area contributed by atoms with Crippen molar-refractivity contribution in [2.24, 2.45) is 5.92 Å². The number of hydrogen-bond acceptors (Lipinski definition) is 4. The summed E-state index contributed by atoms with van der Waals surface area (Å²) in [7, 11) is -3.31. The lowest BCUT2D eigenvalue weighted by Crippen LogP contribution is -2.31. The Morgan fingerprint density at radius 3 is 2.46 bits per heavy atom. The Labute approximate surface area is 163 Å². The lowest BCUT2D eigenvalue weighted by atomic mass is 10.0. The number of carbonyl (C=O) groups excluding carboxylic acids is 1. The topological polar surface area (TPSA) is 87.3 Å². The lowest BCUT2D eigenvalue weighted by Gasteiger charge is -2.11. The molecule has 1 atom stereocenters. The van der Waals surface area contributed by atoms with E-state index in [1.807, 2.05) is 12.1 Å². The van der Waals surface area contributed by atoms with Gasteiger partial charge in [-0.15, -0.1) is 12.4 Å². The van der Waals surface area contributed by atoms with Gasteiger partial charge in [-0.25, -0.2) is 13.1 Å². The number of benzene rings is 1. The van der Waals surface area contributed by atoms with Crippen molar-refractivity contribution in [1.82, 2.24) is 15.4 Å². The van der Waals surface area contributed by atoms with Crippen LogP contribution in [0.5, 0.6) is 0 Å². The number of carbonyl (C=O) groups is 1. The SMILES string of the molecule is CC(C)NS(=O)(=O)Cc1ccc(CNC(=O)CCC2CCNC2)cc1.Cl. The fraction of sp³-hybridized carbons (Fsp3) is 0.611. The van der Waals surface area contributed by atoms with Crippen molar-refractivity contribution in [3.05, 3.63) is 35.4 Å². The van der Waals surface area contributed by atoms with E-state index in [0.717, 1.165) is 37.1 Å². The van der Waals surface area contributed by atoms with Crippen LogP contribution in [-0.2, 0) is 27.1 Å². The average molecular weight is 404 g/mol. The van der Waals surface area contributed by atoms with E-state index >= 15 is 0 Å². The summed E-state index contributed by atoms with van der Waals surface area (Å²) >= 11 is 0. The zero-order valence-corrected chi connectivity index (χ0v) is 17.1. The third-order valence-electron chi connectivity index (χ3n) is 4.23. The Kier molecular flexibility index (Phi) is 9.57. The average Bonchev–Trinajstić information content (AvgIpc) is 3.04. The Morgan fingerprint density at radius 2 is 1.88 bits per heavy atom. The molecule has 1 aromatic rings. The largest absolute Gasteiger partial charge is 0.352 e. The molecule has 1 fully saturated rings. The molecule has 0 spiro atoms. The molecule has 1 unspecified atom stereocenters. The minimum absolute atomic E-state index is 0. The molecule has 6 nitrogen and oxygen atoms in total. The number of amides is 1. The van der Waals surface area contributed by atoms with Crippen molar-refractivity contribution in [1.29, 1.82) is 0 Å². The highest BCUT2D eigenvalue weighted by Crippen LogP contribution is 2.14. The smallest absolute Gasteiger partial charge is 0.220 e.